The van der Waals surface area contributed by atoms with Gasteiger partial charge in [0.1, 0.15) is 0 Å². The molecule has 0 aliphatic carbocycles. The third kappa shape index (κ3) is 5.18. The van der Waals surface area contributed by atoms with Gasteiger partial charge >= 0.3 is 6.03 Å². The third-order valence-electron chi connectivity index (χ3n) is 2.33. The number of thiazole rings is 1. The van der Waals surface area contributed by atoms with Crippen molar-refractivity contribution in [2.45, 2.75) is 18.4 Å². The molecule has 2 rings (SSSR count). The second-order valence-corrected chi connectivity index (χ2v) is 6.02. The summed E-state index contributed by atoms with van der Waals surface area (Å²) in [7, 11) is 0. The molecule has 2 aromatic rings. The minimum Gasteiger partial charge on any atom is -0.338 e. The molecule has 7 heteroatoms. The molecule has 0 spiro atoms. The van der Waals surface area contributed by atoms with Gasteiger partial charge in [-0.2, -0.15) is 0 Å². The normalized spacial score (nSPS) is 10.2. The van der Waals surface area contributed by atoms with Gasteiger partial charge in [0.05, 0.1) is 10.7 Å². The van der Waals surface area contributed by atoms with Gasteiger partial charge in [0.2, 0.25) is 0 Å². The Balaban J connectivity index is 1.58. The molecule has 0 atom stereocenters. The molecule has 0 aliphatic rings. The summed E-state index contributed by atoms with van der Waals surface area (Å²) in [4.78, 5) is 20.0. The van der Waals surface area contributed by atoms with Crippen LogP contribution in [-0.2, 0) is 0 Å². The molecule has 0 unspecified atom stereocenters. The molecule has 0 aromatic carbocycles. The molecule has 0 aliphatic heterocycles. The summed E-state index contributed by atoms with van der Waals surface area (Å²) in [6, 6.07) is 5.64. The van der Waals surface area contributed by atoms with E-state index in [1.807, 2.05) is 30.5 Å². The first kappa shape index (κ1) is 14.8. The van der Waals surface area contributed by atoms with Crippen LogP contribution in [0.1, 0.15) is 12.1 Å². The Bertz CT molecular complexity index is 544. The van der Waals surface area contributed by atoms with Crippen LogP contribution in [-0.4, -0.2) is 28.3 Å². The van der Waals surface area contributed by atoms with Crippen molar-refractivity contribution in [1.82, 2.24) is 15.3 Å². The Hall–Kier alpha value is -1.60. The van der Waals surface area contributed by atoms with Crippen molar-refractivity contribution in [3.63, 3.8) is 0 Å². The number of nitrogens with one attached hydrogen (secondary N) is 2. The van der Waals surface area contributed by atoms with Crippen LogP contribution < -0.4 is 10.6 Å². The number of carbonyl (C=O) groups is 1. The van der Waals surface area contributed by atoms with E-state index in [2.05, 4.69) is 20.6 Å². The number of aromatic nitrogens is 2. The largest absolute Gasteiger partial charge is 0.338 e. The van der Waals surface area contributed by atoms with Crippen molar-refractivity contribution < 1.29 is 4.79 Å². The third-order valence-corrected chi connectivity index (χ3v) is 4.24. The van der Waals surface area contributed by atoms with E-state index in [1.165, 1.54) is 11.3 Å². The zero-order valence-electron chi connectivity index (χ0n) is 11.1. The standard InChI is InChI=1S/C13H16N4OS2/c1-10-9-20-13(16-10)17-12(18)15-7-4-8-19-11-5-2-3-6-14-11/h2-3,5-6,9H,4,7-8H2,1H3,(H2,15,16,17,18). The molecular formula is C13H16N4OS2. The fraction of sp³-hybridized carbons (Fsp3) is 0.308. The maximum absolute atomic E-state index is 11.6. The van der Waals surface area contributed by atoms with E-state index in [0.29, 0.717) is 11.7 Å². The molecule has 0 fully saturated rings. The number of hydrogen-bond acceptors (Lipinski definition) is 5. The Morgan fingerprint density at radius 2 is 2.35 bits per heavy atom. The highest BCUT2D eigenvalue weighted by molar-refractivity contribution is 7.99. The summed E-state index contributed by atoms with van der Waals surface area (Å²) >= 11 is 3.11. The minimum absolute atomic E-state index is 0.206. The first-order chi connectivity index (χ1) is 9.74. The molecule has 0 saturated heterocycles. The van der Waals surface area contributed by atoms with E-state index in [1.54, 1.807) is 18.0 Å². The second-order valence-electron chi connectivity index (χ2n) is 4.04. The number of carbonyl (C=O) groups excluding carboxylic acids is 1. The molecule has 2 amide bonds. The number of rotatable bonds is 6. The monoisotopic (exact) mass is 308 g/mol. The summed E-state index contributed by atoms with van der Waals surface area (Å²) in [6.45, 7) is 2.53. The smallest absolute Gasteiger partial charge is 0.321 e. The van der Waals surface area contributed by atoms with Crippen molar-refractivity contribution in [1.29, 1.82) is 0 Å². The molecule has 2 heterocycles. The molecule has 20 heavy (non-hydrogen) atoms. The van der Waals surface area contributed by atoms with E-state index in [9.17, 15) is 4.79 Å². The van der Waals surface area contributed by atoms with Crippen LogP contribution in [0.4, 0.5) is 9.93 Å². The van der Waals surface area contributed by atoms with Gasteiger partial charge in [0, 0.05) is 23.9 Å². The highest BCUT2D eigenvalue weighted by atomic mass is 32.2. The van der Waals surface area contributed by atoms with Crippen molar-refractivity contribution in [2.24, 2.45) is 0 Å². The SMILES string of the molecule is Cc1csc(NC(=O)NCCCSc2ccccn2)n1. The van der Waals surface area contributed by atoms with Gasteiger partial charge < -0.3 is 5.32 Å². The van der Waals surface area contributed by atoms with Crippen LogP contribution in [0.2, 0.25) is 0 Å². The topological polar surface area (TPSA) is 66.9 Å². The molecular weight excluding hydrogens is 292 g/mol. The van der Waals surface area contributed by atoms with Gasteiger partial charge in [0.25, 0.3) is 0 Å². The lowest BCUT2D eigenvalue weighted by Gasteiger charge is -2.05. The molecule has 106 valence electrons. The fourth-order valence-electron chi connectivity index (χ4n) is 1.44. The summed E-state index contributed by atoms with van der Waals surface area (Å²) in [5, 5.41) is 9.06. The Morgan fingerprint density at radius 3 is 3.05 bits per heavy atom. The first-order valence-electron chi connectivity index (χ1n) is 6.25. The molecule has 0 radical (unpaired) electrons. The van der Waals surface area contributed by atoms with Crippen LogP contribution >= 0.6 is 23.1 Å². The van der Waals surface area contributed by atoms with E-state index in [-0.39, 0.29) is 6.03 Å². The van der Waals surface area contributed by atoms with Gasteiger partial charge in [-0.3, -0.25) is 5.32 Å². The number of amides is 2. The van der Waals surface area contributed by atoms with E-state index in [4.69, 9.17) is 0 Å². The Kier molecular flexibility index (Phi) is 5.82. The van der Waals surface area contributed by atoms with E-state index in [0.717, 1.165) is 22.9 Å². The van der Waals surface area contributed by atoms with E-state index >= 15 is 0 Å². The van der Waals surface area contributed by atoms with Gasteiger partial charge in [-0.1, -0.05) is 6.07 Å². The zero-order valence-corrected chi connectivity index (χ0v) is 12.8. The lowest BCUT2D eigenvalue weighted by atomic mass is 10.5. The van der Waals surface area contributed by atoms with Crippen molar-refractivity contribution >= 4 is 34.3 Å². The Morgan fingerprint density at radius 1 is 1.45 bits per heavy atom. The van der Waals surface area contributed by atoms with Gasteiger partial charge in [0.15, 0.2) is 5.13 Å². The molecule has 0 saturated carbocycles. The van der Waals surface area contributed by atoms with Crippen LogP contribution in [0.25, 0.3) is 0 Å². The summed E-state index contributed by atoms with van der Waals surface area (Å²) in [6.07, 6.45) is 2.68. The molecule has 0 bridgehead atoms. The number of nitrogens with zero attached hydrogens (tertiary/aromatic N) is 2. The second kappa shape index (κ2) is 7.86. The minimum atomic E-state index is -0.206. The Labute approximate surface area is 126 Å². The number of thioether (sulfide) groups is 1. The van der Waals surface area contributed by atoms with Gasteiger partial charge in [-0.15, -0.1) is 23.1 Å². The molecule has 5 nitrogen and oxygen atoms in total. The zero-order chi connectivity index (χ0) is 14.2. The number of anilines is 1. The number of aryl methyl sites for hydroxylation is 1. The van der Waals surface area contributed by atoms with Gasteiger partial charge in [-0.05, 0) is 25.5 Å². The predicted molar refractivity (Wildman–Crippen MR) is 83.5 cm³/mol. The fourth-order valence-corrected chi connectivity index (χ4v) is 2.93. The average molecular weight is 308 g/mol. The molecule has 2 N–H and O–H groups in total. The lowest BCUT2D eigenvalue weighted by molar-refractivity contribution is 0.252. The first-order valence-corrected chi connectivity index (χ1v) is 8.11. The number of urea groups is 1. The summed E-state index contributed by atoms with van der Waals surface area (Å²) in [5.41, 5.74) is 0.914. The van der Waals surface area contributed by atoms with Crippen molar-refractivity contribution in [3.8, 4) is 0 Å². The quantitative estimate of drug-likeness (QED) is 0.635. The van der Waals surface area contributed by atoms with Crippen LogP contribution in [0.5, 0.6) is 0 Å². The van der Waals surface area contributed by atoms with Crippen LogP contribution in [0.3, 0.4) is 0 Å². The summed E-state index contributed by atoms with van der Waals surface area (Å²) < 4.78 is 0. The van der Waals surface area contributed by atoms with Crippen LogP contribution in [0.15, 0.2) is 34.8 Å². The highest BCUT2D eigenvalue weighted by Crippen LogP contribution is 2.15. The van der Waals surface area contributed by atoms with Crippen LogP contribution in [0, 0.1) is 6.92 Å². The van der Waals surface area contributed by atoms with E-state index < -0.39 is 0 Å². The molecule has 2 aromatic heterocycles. The average Bonchev–Trinajstić information content (AvgIpc) is 2.85. The maximum Gasteiger partial charge on any atom is 0.321 e. The maximum atomic E-state index is 11.6. The van der Waals surface area contributed by atoms with Crippen molar-refractivity contribution in [3.05, 3.63) is 35.5 Å². The number of hydrogen-bond donors (Lipinski definition) is 2. The summed E-state index contributed by atoms with van der Waals surface area (Å²) in [5.74, 6) is 0.924. The predicted octanol–water partition coefficient (Wildman–Crippen LogP) is 3.15. The highest BCUT2D eigenvalue weighted by Gasteiger charge is 2.03. The number of pyridine rings is 1. The van der Waals surface area contributed by atoms with Crippen molar-refractivity contribution in [2.75, 3.05) is 17.6 Å². The van der Waals surface area contributed by atoms with Gasteiger partial charge in [-0.25, -0.2) is 14.8 Å². The lowest BCUT2D eigenvalue weighted by Crippen LogP contribution is -2.29.